The van der Waals surface area contributed by atoms with Gasteiger partial charge >= 0.3 is 6.09 Å². The molecule has 2 aromatic heterocycles. The van der Waals surface area contributed by atoms with Crippen molar-refractivity contribution in [2.45, 2.75) is 70.6 Å². The molecule has 1 N–H and O–H groups in total. The van der Waals surface area contributed by atoms with Gasteiger partial charge in [0.25, 0.3) is 12.3 Å². The number of amides is 2. The normalized spacial score (nSPS) is 19.9. The molecule has 1 aliphatic heterocycles. The van der Waals surface area contributed by atoms with Crippen LogP contribution in [0.1, 0.15) is 36.0 Å². The van der Waals surface area contributed by atoms with Crippen LogP contribution in [-0.4, -0.2) is 97.2 Å². The lowest BCUT2D eigenvalue weighted by Gasteiger charge is -2.44. The number of alkyl halides is 2. The van der Waals surface area contributed by atoms with Crippen LogP contribution in [0.3, 0.4) is 0 Å². The summed E-state index contributed by atoms with van der Waals surface area (Å²) in [6, 6.07) is 3.15. The predicted octanol–water partition coefficient (Wildman–Crippen LogP) is 4.98. The predicted molar refractivity (Wildman–Crippen MR) is 151 cm³/mol. The zero-order valence-corrected chi connectivity index (χ0v) is 24.8. The molecule has 1 fully saturated rings. The maximum atomic E-state index is 13.3. The van der Waals surface area contributed by atoms with E-state index in [2.05, 4.69) is 29.5 Å². The van der Waals surface area contributed by atoms with Gasteiger partial charge in [-0.25, -0.2) is 18.6 Å². The fourth-order valence-electron chi connectivity index (χ4n) is 5.63. The lowest BCUT2D eigenvalue weighted by atomic mass is 9.84. The molecule has 40 heavy (non-hydrogen) atoms. The molecule has 0 unspecified atom stereocenters. The monoisotopic (exact) mass is 581 g/mol. The maximum Gasteiger partial charge on any atom is 0.407 e. The van der Waals surface area contributed by atoms with Gasteiger partial charge in [-0.1, -0.05) is 19.6 Å². The van der Waals surface area contributed by atoms with Crippen molar-refractivity contribution in [2.24, 2.45) is 5.92 Å². The third kappa shape index (κ3) is 7.10. The summed E-state index contributed by atoms with van der Waals surface area (Å²) in [6.45, 7) is 7.85. The number of pyridine rings is 1. The Morgan fingerprint density at radius 1 is 1.23 bits per heavy atom. The van der Waals surface area contributed by atoms with Crippen molar-refractivity contribution in [3.8, 4) is 0 Å². The molecule has 2 aliphatic rings. The first kappa shape index (κ1) is 30.2. The fourth-order valence-corrected chi connectivity index (χ4v) is 6.38. The van der Waals surface area contributed by atoms with Gasteiger partial charge in [0.15, 0.2) is 0 Å². The summed E-state index contributed by atoms with van der Waals surface area (Å²) in [5, 5.41) is 10.2. The van der Waals surface area contributed by atoms with Crippen molar-refractivity contribution in [1.29, 1.82) is 0 Å². The van der Waals surface area contributed by atoms with E-state index in [9.17, 15) is 23.5 Å². The lowest BCUT2D eigenvalue weighted by molar-refractivity contribution is 0.0381. The summed E-state index contributed by atoms with van der Waals surface area (Å²) in [4.78, 5) is 34.2. The summed E-state index contributed by atoms with van der Waals surface area (Å²) in [6.07, 6.45) is 2.49. The van der Waals surface area contributed by atoms with Gasteiger partial charge in [0, 0.05) is 52.2 Å². The second kappa shape index (κ2) is 12.8. The van der Waals surface area contributed by atoms with Crippen LogP contribution < -0.4 is 4.90 Å². The SMILES string of the molecule is COCN1CN(C2CCC(CN(CC(F)F)C(=O)O)CC2)c2c(cnc3c2ccn3COCC[Si](C)(C)C)C1=O. The first-order valence-electron chi connectivity index (χ1n) is 13.8. The number of aromatic nitrogens is 2. The number of nitrogens with zero attached hydrogens (tertiary/aromatic N) is 5. The van der Waals surface area contributed by atoms with Gasteiger partial charge in [-0.3, -0.25) is 9.69 Å². The number of fused-ring (bicyclic) bond motifs is 3. The summed E-state index contributed by atoms with van der Waals surface area (Å²) in [7, 11) is 0.348. The molecule has 0 atom stereocenters. The molecule has 13 heteroatoms. The largest absolute Gasteiger partial charge is 0.465 e. The number of ether oxygens (including phenoxy) is 2. The quantitative estimate of drug-likeness (QED) is 0.279. The number of carboxylic acid groups (broad SMARTS) is 1. The second-order valence-corrected chi connectivity index (χ2v) is 17.6. The Balaban J connectivity index is 1.54. The first-order valence-corrected chi connectivity index (χ1v) is 17.6. The molecule has 1 aliphatic carbocycles. The minimum atomic E-state index is -2.70. The molecule has 0 saturated heterocycles. The third-order valence-electron chi connectivity index (χ3n) is 7.76. The molecule has 0 spiro atoms. The third-order valence-corrected chi connectivity index (χ3v) is 9.47. The lowest BCUT2D eigenvalue weighted by Crippen LogP contribution is -2.52. The molecule has 10 nitrogen and oxygen atoms in total. The summed E-state index contributed by atoms with van der Waals surface area (Å²) in [5.74, 6) is -0.127. The van der Waals surface area contributed by atoms with E-state index in [-0.39, 0.29) is 31.1 Å². The Morgan fingerprint density at radius 2 is 1.95 bits per heavy atom. The summed E-state index contributed by atoms with van der Waals surface area (Å²) < 4.78 is 39.0. The van der Waals surface area contributed by atoms with Crippen molar-refractivity contribution in [3.63, 3.8) is 0 Å². The average molecular weight is 582 g/mol. The van der Waals surface area contributed by atoms with Crippen LogP contribution in [0.4, 0.5) is 19.3 Å². The van der Waals surface area contributed by atoms with Crippen molar-refractivity contribution in [1.82, 2.24) is 19.4 Å². The molecule has 4 rings (SSSR count). The fraction of sp³-hybridized carbons (Fsp3) is 0.667. The van der Waals surface area contributed by atoms with E-state index in [1.54, 1.807) is 18.2 Å². The van der Waals surface area contributed by atoms with Crippen LogP contribution in [-0.2, 0) is 16.2 Å². The second-order valence-electron chi connectivity index (χ2n) is 12.0. The number of carbonyl (C=O) groups excluding carboxylic acids is 1. The van der Waals surface area contributed by atoms with Crippen molar-refractivity contribution in [2.75, 3.05) is 45.1 Å². The highest BCUT2D eigenvalue weighted by atomic mass is 28.3. The molecule has 2 amide bonds. The van der Waals surface area contributed by atoms with E-state index < -0.39 is 27.1 Å². The zero-order valence-electron chi connectivity index (χ0n) is 23.8. The van der Waals surface area contributed by atoms with Gasteiger partial charge in [-0.2, -0.15) is 0 Å². The van der Waals surface area contributed by atoms with Crippen molar-refractivity contribution >= 4 is 36.8 Å². The minimum Gasteiger partial charge on any atom is -0.465 e. The van der Waals surface area contributed by atoms with Gasteiger partial charge in [0.1, 0.15) is 19.1 Å². The Morgan fingerprint density at radius 3 is 2.58 bits per heavy atom. The van der Waals surface area contributed by atoms with E-state index in [4.69, 9.17) is 9.47 Å². The number of anilines is 1. The zero-order chi connectivity index (χ0) is 29.0. The molecule has 0 aromatic carbocycles. The molecule has 222 valence electrons. The summed E-state index contributed by atoms with van der Waals surface area (Å²) in [5.41, 5.74) is 2.11. The maximum absolute atomic E-state index is 13.3. The van der Waals surface area contributed by atoms with Crippen molar-refractivity contribution < 1.29 is 33.0 Å². The standard InChI is InChI=1S/C27H41F2N5O5Si/c1-38-17-33-16-34(20-7-5-19(6-8-20)14-32(27(36)37)15-23(28)29)24-21-9-10-31(18-39-11-12-40(2,3)4)25(21)30-13-22(24)26(33)35/h9-10,13,19-20,23H,5-8,11-12,14-18H2,1-4H3,(H,36,37). The van der Waals surface area contributed by atoms with Crippen LogP contribution in [0, 0.1) is 5.92 Å². The van der Waals surface area contributed by atoms with Gasteiger partial charge in [0.2, 0.25) is 0 Å². The van der Waals surface area contributed by atoms with Gasteiger partial charge in [-0.15, -0.1) is 0 Å². The van der Waals surface area contributed by atoms with E-state index >= 15 is 0 Å². The first-order chi connectivity index (χ1) is 19.0. The van der Waals surface area contributed by atoms with Crippen LogP contribution in [0.15, 0.2) is 18.5 Å². The molecular formula is C27H41F2N5O5Si. The van der Waals surface area contributed by atoms with E-state index in [1.165, 1.54) is 0 Å². The molecule has 0 radical (unpaired) electrons. The Labute approximate surface area is 234 Å². The van der Waals surface area contributed by atoms with Crippen molar-refractivity contribution in [3.05, 3.63) is 24.0 Å². The molecule has 1 saturated carbocycles. The number of hydrogen-bond donors (Lipinski definition) is 1. The highest BCUT2D eigenvalue weighted by Crippen LogP contribution is 2.39. The molecule has 3 heterocycles. The van der Waals surface area contributed by atoms with E-state index in [1.807, 2.05) is 16.8 Å². The highest BCUT2D eigenvalue weighted by Gasteiger charge is 2.37. The Kier molecular flexibility index (Phi) is 9.67. The van der Waals surface area contributed by atoms with Gasteiger partial charge < -0.3 is 28.9 Å². The number of hydrogen-bond acceptors (Lipinski definition) is 6. The summed E-state index contributed by atoms with van der Waals surface area (Å²) >= 11 is 0. The van der Waals surface area contributed by atoms with E-state index in [0.29, 0.717) is 38.4 Å². The Hall–Kier alpha value is -2.77. The van der Waals surface area contributed by atoms with Gasteiger partial charge in [-0.05, 0) is 43.7 Å². The smallest absolute Gasteiger partial charge is 0.407 e. The van der Waals surface area contributed by atoms with Crippen LogP contribution in [0.25, 0.3) is 11.0 Å². The van der Waals surface area contributed by atoms with E-state index in [0.717, 1.165) is 40.5 Å². The number of carbonyl (C=O) groups is 2. The molecule has 2 aromatic rings. The molecular weight excluding hydrogens is 540 g/mol. The number of halogens is 2. The topological polar surface area (TPSA) is 100 Å². The number of methoxy groups -OCH3 is 1. The minimum absolute atomic E-state index is 0.0129. The Bertz CT molecular complexity index is 1180. The van der Waals surface area contributed by atoms with Gasteiger partial charge in [0.05, 0.1) is 24.5 Å². The van der Waals surface area contributed by atoms with Crippen LogP contribution >= 0.6 is 0 Å². The van der Waals surface area contributed by atoms with Crippen LogP contribution in [0.2, 0.25) is 25.7 Å². The average Bonchev–Trinajstić information content (AvgIpc) is 3.30. The van der Waals surface area contributed by atoms with Crippen LogP contribution in [0.5, 0.6) is 0 Å². The number of rotatable bonds is 12. The molecule has 0 bridgehead atoms. The highest BCUT2D eigenvalue weighted by molar-refractivity contribution is 6.76.